The van der Waals surface area contributed by atoms with E-state index in [1.807, 2.05) is 37.3 Å². The lowest BCUT2D eigenvalue weighted by molar-refractivity contribution is 0.303. The molecule has 0 radical (unpaired) electrons. The number of benzene rings is 1. The van der Waals surface area contributed by atoms with Gasteiger partial charge in [-0.3, -0.25) is 10.1 Å². The summed E-state index contributed by atoms with van der Waals surface area (Å²) in [5.74, 6) is 2.38. The highest BCUT2D eigenvalue weighted by atomic mass is 35.5. The number of hydrogen-bond acceptors (Lipinski definition) is 5. The summed E-state index contributed by atoms with van der Waals surface area (Å²) in [4.78, 5) is 8.50. The van der Waals surface area contributed by atoms with Gasteiger partial charge in [0, 0.05) is 40.7 Å². The van der Waals surface area contributed by atoms with Crippen LogP contribution in [0.2, 0.25) is 5.02 Å². The van der Waals surface area contributed by atoms with Crippen LogP contribution in [0.25, 0.3) is 0 Å². The van der Waals surface area contributed by atoms with Crippen molar-refractivity contribution >= 4 is 23.4 Å². The first-order valence-corrected chi connectivity index (χ1v) is 8.95. The Morgan fingerprint density at radius 3 is 2.96 bits per heavy atom. The summed E-state index contributed by atoms with van der Waals surface area (Å²) in [6.45, 7) is 2.50. The van der Waals surface area contributed by atoms with E-state index in [-0.39, 0.29) is 0 Å². The van der Waals surface area contributed by atoms with Gasteiger partial charge in [0.25, 0.3) is 0 Å². The van der Waals surface area contributed by atoms with Crippen molar-refractivity contribution in [2.45, 2.75) is 30.9 Å². The molecule has 124 valence electrons. The topological polar surface area (TPSA) is 63.7 Å². The first-order valence-electron chi connectivity index (χ1n) is 7.59. The Balaban J connectivity index is 1.68. The molecule has 0 aliphatic rings. The van der Waals surface area contributed by atoms with Gasteiger partial charge in [0.1, 0.15) is 18.2 Å². The molecule has 1 aromatic carbocycles. The second-order valence-electron chi connectivity index (χ2n) is 5.11. The zero-order chi connectivity index (χ0) is 16.8. The van der Waals surface area contributed by atoms with Crippen LogP contribution in [0.5, 0.6) is 5.75 Å². The molecule has 0 spiro atoms. The van der Waals surface area contributed by atoms with Gasteiger partial charge in [0.15, 0.2) is 0 Å². The lowest BCUT2D eigenvalue weighted by Gasteiger charge is -2.11. The maximum absolute atomic E-state index is 6.13. The van der Waals surface area contributed by atoms with Crippen LogP contribution in [-0.4, -0.2) is 20.2 Å². The molecule has 2 aromatic heterocycles. The zero-order valence-corrected chi connectivity index (χ0v) is 14.8. The monoisotopic (exact) mass is 360 g/mol. The maximum atomic E-state index is 6.13. The Labute approximate surface area is 149 Å². The first kappa shape index (κ1) is 16.8. The van der Waals surface area contributed by atoms with Crippen LogP contribution < -0.4 is 4.74 Å². The van der Waals surface area contributed by atoms with E-state index < -0.39 is 0 Å². The Morgan fingerprint density at radius 1 is 1.29 bits per heavy atom. The van der Waals surface area contributed by atoms with Crippen molar-refractivity contribution in [3.8, 4) is 5.75 Å². The van der Waals surface area contributed by atoms with Gasteiger partial charge in [-0.15, -0.1) is 5.10 Å². The second-order valence-corrected chi connectivity index (χ2v) is 6.49. The molecule has 0 fully saturated rings. The van der Waals surface area contributed by atoms with E-state index in [2.05, 4.69) is 20.2 Å². The third kappa shape index (κ3) is 4.49. The molecular weight excluding hydrogens is 344 g/mol. The summed E-state index contributed by atoms with van der Waals surface area (Å²) < 4.78 is 5.93. The van der Waals surface area contributed by atoms with E-state index in [0.717, 1.165) is 34.3 Å². The van der Waals surface area contributed by atoms with Gasteiger partial charge in [-0.25, -0.2) is 4.98 Å². The minimum absolute atomic E-state index is 0.466. The molecule has 24 heavy (non-hydrogen) atoms. The van der Waals surface area contributed by atoms with Gasteiger partial charge in [-0.05, 0) is 24.3 Å². The molecule has 0 saturated carbocycles. The quantitative estimate of drug-likeness (QED) is 0.637. The number of nitrogens with zero attached hydrogens (tertiary/aromatic N) is 3. The molecule has 1 N–H and O–H groups in total. The number of H-pyrrole nitrogens is 1. The van der Waals surface area contributed by atoms with Crippen LogP contribution in [-0.2, 0) is 18.8 Å². The molecule has 0 bridgehead atoms. The van der Waals surface area contributed by atoms with Crippen molar-refractivity contribution in [3.63, 3.8) is 0 Å². The van der Waals surface area contributed by atoms with Gasteiger partial charge in [0.05, 0.1) is 0 Å². The van der Waals surface area contributed by atoms with Gasteiger partial charge >= 0.3 is 0 Å². The number of ether oxygens (including phenoxy) is 1. The van der Waals surface area contributed by atoms with Crippen LogP contribution in [0.4, 0.5) is 0 Å². The lowest BCUT2D eigenvalue weighted by Crippen LogP contribution is -1.98. The normalized spacial score (nSPS) is 10.8. The van der Waals surface area contributed by atoms with Crippen LogP contribution in [0.15, 0.2) is 47.9 Å². The molecule has 0 aliphatic heterocycles. The van der Waals surface area contributed by atoms with Gasteiger partial charge in [-0.1, -0.05) is 36.4 Å². The molecule has 5 nitrogen and oxygen atoms in total. The summed E-state index contributed by atoms with van der Waals surface area (Å²) in [6, 6.07) is 9.52. The minimum atomic E-state index is 0.466. The summed E-state index contributed by atoms with van der Waals surface area (Å²) in [5.41, 5.74) is 2.03. The Hall–Kier alpha value is -2.05. The van der Waals surface area contributed by atoms with Crippen molar-refractivity contribution in [1.82, 2.24) is 20.2 Å². The predicted octanol–water partition coefficient (Wildman–Crippen LogP) is 4.29. The van der Waals surface area contributed by atoms with E-state index in [1.54, 1.807) is 24.2 Å². The molecule has 7 heteroatoms. The fourth-order valence-corrected chi connectivity index (χ4v) is 3.08. The summed E-state index contributed by atoms with van der Waals surface area (Å²) in [7, 11) is 0. The second kappa shape index (κ2) is 8.17. The summed E-state index contributed by atoms with van der Waals surface area (Å²) in [5, 5.41) is 8.52. The van der Waals surface area contributed by atoms with Gasteiger partial charge in [0.2, 0.25) is 5.16 Å². The fraction of sp³-hybridized carbons (Fsp3) is 0.235. The third-order valence-corrected chi connectivity index (χ3v) is 4.47. The van der Waals surface area contributed by atoms with E-state index in [4.69, 9.17) is 16.3 Å². The van der Waals surface area contributed by atoms with Crippen LogP contribution in [0.3, 0.4) is 0 Å². The van der Waals surface area contributed by atoms with Crippen molar-refractivity contribution in [2.75, 3.05) is 0 Å². The number of aryl methyl sites for hydroxylation is 1. The van der Waals surface area contributed by atoms with E-state index in [9.17, 15) is 0 Å². The zero-order valence-electron chi connectivity index (χ0n) is 13.2. The molecule has 2 heterocycles. The highest BCUT2D eigenvalue weighted by molar-refractivity contribution is 7.98. The van der Waals surface area contributed by atoms with E-state index in [1.165, 1.54) is 0 Å². The molecule has 0 amide bonds. The molecule has 0 unspecified atom stereocenters. The average Bonchev–Trinajstić information content (AvgIpc) is 3.08. The van der Waals surface area contributed by atoms with Crippen molar-refractivity contribution in [2.24, 2.45) is 0 Å². The Kier molecular flexibility index (Phi) is 5.72. The first-order chi connectivity index (χ1) is 11.7. The number of nitrogens with one attached hydrogen (secondary N) is 1. The van der Waals surface area contributed by atoms with Crippen LogP contribution in [0, 0.1) is 0 Å². The van der Waals surface area contributed by atoms with Crippen molar-refractivity contribution < 1.29 is 4.74 Å². The standard InChI is InChI=1S/C17H17ClN4OS/c1-2-16-20-17(22-21-16)24-11-13-8-14(18)5-6-15(13)23-10-12-4-3-7-19-9-12/h3-9H,2,10-11H2,1H3,(H,20,21,22). The van der Waals surface area contributed by atoms with E-state index >= 15 is 0 Å². The summed E-state index contributed by atoms with van der Waals surface area (Å²) >= 11 is 7.68. The van der Waals surface area contributed by atoms with Gasteiger partial charge in [-0.2, -0.15) is 0 Å². The number of thioether (sulfide) groups is 1. The number of rotatable bonds is 7. The highest BCUT2D eigenvalue weighted by Crippen LogP contribution is 2.29. The number of pyridine rings is 1. The largest absolute Gasteiger partial charge is 0.489 e. The molecule has 0 aliphatic carbocycles. The van der Waals surface area contributed by atoms with Gasteiger partial charge < -0.3 is 4.74 Å². The van der Waals surface area contributed by atoms with E-state index in [0.29, 0.717) is 17.4 Å². The fourth-order valence-electron chi connectivity index (χ4n) is 2.09. The predicted molar refractivity (Wildman–Crippen MR) is 95.3 cm³/mol. The Bertz CT molecular complexity index is 794. The average molecular weight is 361 g/mol. The smallest absolute Gasteiger partial charge is 0.208 e. The molecule has 0 saturated heterocycles. The number of halogens is 1. The minimum Gasteiger partial charge on any atom is -0.489 e. The highest BCUT2D eigenvalue weighted by Gasteiger charge is 2.09. The summed E-state index contributed by atoms with van der Waals surface area (Å²) in [6.07, 6.45) is 4.38. The molecule has 0 atom stereocenters. The maximum Gasteiger partial charge on any atom is 0.208 e. The number of aromatic nitrogens is 4. The lowest BCUT2D eigenvalue weighted by atomic mass is 10.2. The van der Waals surface area contributed by atoms with Crippen LogP contribution >= 0.6 is 23.4 Å². The molecule has 3 aromatic rings. The van der Waals surface area contributed by atoms with Crippen molar-refractivity contribution in [1.29, 1.82) is 0 Å². The molecule has 3 rings (SSSR count). The number of aromatic amines is 1. The number of hydrogen-bond donors (Lipinski definition) is 1. The van der Waals surface area contributed by atoms with Crippen LogP contribution in [0.1, 0.15) is 23.9 Å². The van der Waals surface area contributed by atoms with Crippen molar-refractivity contribution in [3.05, 3.63) is 64.7 Å². The third-order valence-electron chi connectivity index (χ3n) is 3.34. The SMILES string of the molecule is CCc1nc(SCc2cc(Cl)ccc2OCc2cccnc2)n[nH]1. The molecular formula is C17H17ClN4OS. The Morgan fingerprint density at radius 2 is 2.21 bits per heavy atom.